The van der Waals surface area contributed by atoms with Gasteiger partial charge in [0.1, 0.15) is 0 Å². The van der Waals surface area contributed by atoms with Crippen molar-refractivity contribution in [3.05, 3.63) is 41.5 Å². The quantitative estimate of drug-likeness (QED) is 0.730. The summed E-state index contributed by atoms with van der Waals surface area (Å²) in [4.78, 5) is 2.49. The zero-order valence-electron chi connectivity index (χ0n) is 15.9. The van der Waals surface area contributed by atoms with Gasteiger partial charge in [-0.05, 0) is 29.6 Å². The van der Waals surface area contributed by atoms with Crippen molar-refractivity contribution in [1.29, 1.82) is 0 Å². The summed E-state index contributed by atoms with van der Waals surface area (Å²) in [6.45, 7) is 16.0. The maximum absolute atomic E-state index is 6.50. The molecule has 0 amide bonds. The summed E-state index contributed by atoms with van der Waals surface area (Å²) in [7, 11) is -1.13. The molecule has 0 saturated carbocycles. The third-order valence-electron chi connectivity index (χ3n) is 4.19. The summed E-state index contributed by atoms with van der Waals surface area (Å²) in [6.07, 6.45) is 2.49. The molecule has 1 aromatic rings. The van der Waals surface area contributed by atoms with Crippen LogP contribution in [-0.2, 0) is 9.16 Å². The molecular weight excluding hydrogens is 314 g/mol. The maximum atomic E-state index is 6.50. The van der Waals surface area contributed by atoms with Crippen LogP contribution in [0.25, 0.3) is 6.08 Å². The molecule has 1 saturated heterocycles. The average molecular weight is 348 g/mol. The second-order valence-corrected chi connectivity index (χ2v) is 10.3. The van der Waals surface area contributed by atoms with Gasteiger partial charge in [0.25, 0.3) is 0 Å². The SMILES string of the molecule is C[SiH](C)OC(/C(=C/c1ccccc1)CN1CCOCC1)C(C)(C)C. The normalized spacial score (nSPS) is 18.8. The van der Waals surface area contributed by atoms with Crippen molar-refractivity contribution >= 4 is 15.1 Å². The third kappa shape index (κ3) is 6.17. The predicted molar refractivity (Wildman–Crippen MR) is 105 cm³/mol. The van der Waals surface area contributed by atoms with Gasteiger partial charge in [0, 0.05) is 19.6 Å². The second kappa shape index (κ2) is 8.95. The molecule has 1 unspecified atom stereocenters. The number of nitrogens with zero attached hydrogens (tertiary/aromatic N) is 1. The Morgan fingerprint density at radius 2 is 1.83 bits per heavy atom. The number of rotatable bonds is 6. The van der Waals surface area contributed by atoms with Crippen LogP contribution in [0, 0.1) is 5.41 Å². The van der Waals surface area contributed by atoms with Crippen LogP contribution in [0.2, 0.25) is 13.1 Å². The summed E-state index contributed by atoms with van der Waals surface area (Å²) in [5, 5.41) is 0. The number of ether oxygens (including phenoxy) is 1. The van der Waals surface area contributed by atoms with Gasteiger partial charge < -0.3 is 9.16 Å². The van der Waals surface area contributed by atoms with Crippen LogP contribution in [0.4, 0.5) is 0 Å². The topological polar surface area (TPSA) is 21.7 Å². The molecule has 4 heteroatoms. The Bertz CT molecular complexity index is 516. The van der Waals surface area contributed by atoms with E-state index in [1.54, 1.807) is 0 Å². The maximum Gasteiger partial charge on any atom is 0.171 e. The van der Waals surface area contributed by atoms with Gasteiger partial charge in [-0.1, -0.05) is 57.2 Å². The first-order valence-electron chi connectivity index (χ1n) is 9.07. The van der Waals surface area contributed by atoms with Gasteiger partial charge in [-0.3, -0.25) is 4.90 Å². The highest BCUT2D eigenvalue weighted by Crippen LogP contribution is 2.30. The lowest BCUT2D eigenvalue weighted by Crippen LogP contribution is -2.42. The molecule has 1 fully saturated rings. The van der Waals surface area contributed by atoms with Gasteiger partial charge in [-0.15, -0.1) is 0 Å². The van der Waals surface area contributed by atoms with E-state index >= 15 is 0 Å². The molecule has 134 valence electrons. The number of morpholine rings is 1. The number of benzene rings is 1. The Morgan fingerprint density at radius 1 is 1.21 bits per heavy atom. The first kappa shape index (κ1) is 19.4. The molecule has 1 aliphatic rings. The minimum atomic E-state index is -1.13. The molecule has 0 aromatic heterocycles. The molecular formula is C20H33NO2Si. The molecule has 1 aromatic carbocycles. The zero-order valence-corrected chi connectivity index (χ0v) is 17.1. The Kier molecular flexibility index (Phi) is 7.23. The van der Waals surface area contributed by atoms with Crippen LogP contribution in [0.5, 0.6) is 0 Å². The Labute approximate surface area is 149 Å². The van der Waals surface area contributed by atoms with Crippen molar-refractivity contribution in [3.63, 3.8) is 0 Å². The van der Waals surface area contributed by atoms with E-state index < -0.39 is 9.04 Å². The fourth-order valence-electron chi connectivity index (χ4n) is 3.10. The number of hydrogen-bond acceptors (Lipinski definition) is 3. The van der Waals surface area contributed by atoms with E-state index in [1.165, 1.54) is 11.1 Å². The van der Waals surface area contributed by atoms with Crippen LogP contribution in [0.15, 0.2) is 35.9 Å². The number of hydrogen-bond donors (Lipinski definition) is 0. The highest BCUT2D eigenvalue weighted by molar-refractivity contribution is 6.48. The van der Waals surface area contributed by atoms with E-state index in [4.69, 9.17) is 9.16 Å². The lowest BCUT2D eigenvalue weighted by Gasteiger charge is -2.37. The van der Waals surface area contributed by atoms with Crippen molar-refractivity contribution in [2.75, 3.05) is 32.8 Å². The molecule has 24 heavy (non-hydrogen) atoms. The first-order chi connectivity index (χ1) is 11.4. The second-order valence-electron chi connectivity index (χ2n) is 7.95. The molecule has 0 aliphatic carbocycles. The molecule has 0 spiro atoms. The van der Waals surface area contributed by atoms with Crippen molar-refractivity contribution in [1.82, 2.24) is 4.90 Å². The summed E-state index contributed by atoms with van der Waals surface area (Å²) in [6, 6.07) is 10.6. The molecule has 0 radical (unpaired) electrons. The lowest BCUT2D eigenvalue weighted by atomic mass is 9.83. The van der Waals surface area contributed by atoms with Gasteiger partial charge in [0.15, 0.2) is 9.04 Å². The highest BCUT2D eigenvalue weighted by Gasteiger charge is 2.30. The first-order valence-corrected chi connectivity index (χ1v) is 11.9. The monoisotopic (exact) mass is 347 g/mol. The summed E-state index contributed by atoms with van der Waals surface area (Å²) >= 11 is 0. The third-order valence-corrected chi connectivity index (χ3v) is 5.01. The Balaban J connectivity index is 2.30. The standard InChI is InChI=1S/C20H33NO2Si/c1-20(2,3)19(23-24(4)5)18(15-17-9-7-6-8-10-17)16-21-11-13-22-14-12-21/h6-10,15,19,24H,11-14,16H2,1-5H3/b18-15+. The molecule has 0 N–H and O–H groups in total. The van der Waals surface area contributed by atoms with E-state index in [-0.39, 0.29) is 11.5 Å². The Morgan fingerprint density at radius 3 is 2.38 bits per heavy atom. The van der Waals surface area contributed by atoms with Crippen LogP contribution in [-0.4, -0.2) is 52.9 Å². The molecule has 1 heterocycles. The van der Waals surface area contributed by atoms with Crippen molar-refractivity contribution < 1.29 is 9.16 Å². The molecule has 1 aliphatic heterocycles. The van der Waals surface area contributed by atoms with Crippen LogP contribution < -0.4 is 0 Å². The molecule has 3 nitrogen and oxygen atoms in total. The van der Waals surface area contributed by atoms with E-state index in [9.17, 15) is 0 Å². The molecule has 2 rings (SSSR count). The van der Waals surface area contributed by atoms with Gasteiger partial charge in [0.2, 0.25) is 0 Å². The van der Waals surface area contributed by atoms with Crippen molar-refractivity contribution in [2.45, 2.75) is 40.0 Å². The Hall–Kier alpha value is -0.943. The summed E-state index contributed by atoms with van der Waals surface area (Å²) in [5.41, 5.74) is 2.73. The van der Waals surface area contributed by atoms with Gasteiger partial charge in [-0.25, -0.2) is 0 Å². The smallest absolute Gasteiger partial charge is 0.171 e. The fourth-order valence-corrected chi connectivity index (χ4v) is 4.23. The summed E-state index contributed by atoms with van der Waals surface area (Å²) < 4.78 is 12.0. The average Bonchev–Trinajstić information content (AvgIpc) is 2.53. The minimum Gasteiger partial charge on any atom is -0.413 e. The lowest BCUT2D eigenvalue weighted by molar-refractivity contribution is 0.0362. The van der Waals surface area contributed by atoms with Crippen molar-refractivity contribution in [2.24, 2.45) is 5.41 Å². The van der Waals surface area contributed by atoms with Crippen molar-refractivity contribution in [3.8, 4) is 0 Å². The van der Waals surface area contributed by atoms with Gasteiger partial charge in [-0.2, -0.15) is 0 Å². The van der Waals surface area contributed by atoms with Crippen LogP contribution in [0.1, 0.15) is 26.3 Å². The summed E-state index contributed by atoms with van der Waals surface area (Å²) in [5.74, 6) is 0. The van der Waals surface area contributed by atoms with Gasteiger partial charge in [0.05, 0.1) is 19.3 Å². The molecule has 1 atom stereocenters. The largest absolute Gasteiger partial charge is 0.413 e. The van der Waals surface area contributed by atoms with Crippen LogP contribution >= 0.6 is 0 Å². The minimum absolute atomic E-state index is 0.0875. The van der Waals surface area contributed by atoms with E-state index in [0.29, 0.717) is 0 Å². The van der Waals surface area contributed by atoms with Crippen LogP contribution in [0.3, 0.4) is 0 Å². The predicted octanol–water partition coefficient (Wildman–Crippen LogP) is 3.82. The highest BCUT2D eigenvalue weighted by atomic mass is 28.3. The fraction of sp³-hybridized carbons (Fsp3) is 0.600. The van der Waals surface area contributed by atoms with E-state index in [1.807, 2.05) is 0 Å². The van der Waals surface area contributed by atoms with E-state index in [2.05, 4.69) is 75.2 Å². The molecule has 0 bridgehead atoms. The zero-order chi connectivity index (χ0) is 17.6. The van der Waals surface area contributed by atoms with E-state index in [0.717, 1.165) is 32.8 Å². The van der Waals surface area contributed by atoms with Gasteiger partial charge >= 0.3 is 0 Å².